The molecule has 6 heteroatoms. The smallest absolute Gasteiger partial charge is 0.306 e. The van der Waals surface area contributed by atoms with E-state index in [1.807, 2.05) is 0 Å². The molecule has 0 bridgehead atoms. The molecule has 0 saturated carbocycles. The fraction of sp³-hybridized carbons (Fsp3) is 0.825. The van der Waals surface area contributed by atoms with E-state index in [4.69, 9.17) is 14.2 Å². The van der Waals surface area contributed by atoms with Gasteiger partial charge in [0.25, 0.3) is 0 Å². The summed E-state index contributed by atoms with van der Waals surface area (Å²) in [6, 6.07) is 0. The highest BCUT2D eigenvalue weighted by Gasteiger charge is 2.19. The van der Waals surface area contributed by atoms with Gasteiger partial charge in [-0.2, -0.15) is 0 Å². The lowest BCUT2D eigenvalue weighted by Gasteiger charge is -2.18. The van der Waals surface area contributed by atoms with Crippen LogP contribution in [0.4, 0.5) is 0 Å². The van der Waals surface area contributed by atoms with Crippen LogP contribution in [0.2, 0.25) is 0 Å². The second-order valence-corrected chi connectivity index (χ2v) is 20.2. The predicted octanol–water partition coefficient (Wildman–Crippen LogP) is 20.2. The highest BCUT2D eigenvalue weighted by molar-refractivity contribution is 5.71. The first-order chi connectivity index (χ1) is 34.0. The largest absolute Gasteiger partial charge is 0.462 e. The van der Waals surface area contributed by atoms with E-state index in [1.165, 1.54) is 193 Å². The number of hydrogen-bond donors (Lipinski definition) is 0. The van der Waals surface area contributed by atoms with E-state index in [0.29, 0.717) is 19.3 Å². The third-order valence-electron chi connectivity index (χ3n) is 13.3. The number of rotatable bonds is 55. The predicted molar refractivity (Wildman–Crippen MR) is 298 cm³/mol. The van der Waals surface area contributed by atoms with Gasteiger partial charge in [0.15, 0.2) is 6.10 Å². The molecule has 1 atom stereocenters. The summed E-state index contributed by atoms with van der Waals surface area (Å²) in [5.74, 6) is -0.885. The van der Waals surface area contributed by atoms with E-state index >= 15 is 0 Å². The number of hydrogen-bond acceptors (Lipinski definition) is 6. The Morgan fingerprint density at radius 1 is 0.290 bits per heavy atom. The minimum Gasteiger partial charge on any atom is -0.462 e. The van der Waals surface area contributed by atoms with Crippen LogP contribution in [-0.4, -0.2) is 37.2 Å². The molecule has 1 unspecified atom stereocenters. The Labute approximate surface area is 428 Å². The van der Waals surface area contributed by atoms with E-state index in [-0.39, 0.29) is 31.1 Å². The summed E-state index contributed by atoms with van der Waals surface area (Å²) in [5, 5.41) is 0. The summed E-state index contributed by atoms with van der Waals surface area (Å²) in [4.78, 5) is 38.1. The van der Waals surface area contributed by atoms with Crippen molar-refractivity contribution in [2.75, 3.05) is 13.2 Å². The van der Waals surface area contributed by atoms with Crippen molar-refractivity contribution >= 4 is 17.9 Å². The van der Waals surface area contributed by atoms with Gasteiger partial charge in [0.1, 0.15) is 13.2 Å². The van der Waals surface area contributed by atoms with Crippen LogP contribution < -0.4 is 0 Å². The normalized spacial score (nSPS) is 12.3. The lowest BCUT2D eigenvalue weighted by molar-refractivity contribution is -0.167. The Balaban J connectivity index is 4.21. The second-order valence-electron chi connectivity index (χ2n) is 20.2. The van der Waals surface area contributed by atoms with Crippen LogP contribution in [0.3, 0.4) is 0 Å². The van der Waals surface area contributed by atoms with E-state index in [2.05, 4.69) is 69.4 Å². The topological polar surface area (TPSA) is 78.9 Å². The van der Waals surface area contributed by atoms with Crippen molar-refractivity contribution in [1.29, 1.82) is 0 Å². The first-order valence-electron chi connectivity index (χ1n) is 30.1. The number of allylic oxidation sites excluding steroid dienone is 8. The number of carbonyl (C=O) groups is 3. The Morgan fingerprint density at radius 2 is 0.551 bits per heavy atom. The zero-order valence-electron chi connectivity index (χ0n) is 46.1. The molecule has 0 amide bonds. The summed E-state index contributed by atoms with van der Waals surface area (Å²) in [7, 11) is 0. The number of unbranched alkanes of at least 4 members (excludes halogenated alkanes) is 36. The van der Waals surface area contributed by atoms with Gasteiger partial charge < -0.3 is 14.2 Å². The number of esters is 3. The minimum absolute atomic E-state index is 0.0776. The summed E-state index contributed by atoms with van der Waals surface area (Å²) < 4.78 is 16.8. The maximum Gasteiger partial charge on any atom is 0.306 e. The van der Waals surface area contributed by atoms with E-state index in [1.54, 1.807) is 0 Å². The van der Waals surface area contributed by atoms with Crippen LogP contribution in [0.5, 0.6) is 0 Å². The molecule has 0 aromatic rings. The monoisotopic (exact) mass is 967 g/mol. The zero-order chi connectivity index (χ0) is 50.0. The molecule has 0 fully saturated rings. The standard InChI is InChI=1S/C63H114O6/c1-4-7-10-13-16-19-22-24-26-28-29-30-31-32-33-34-35-36-38-39-41-44-47-50-53-56-62(65)68-59-60(58-67-61(64)55-52-49-46-43-21-18-15-12-9-6-3)69-63(66)57-54-51-48-45-42-40-37-27-25-23-20-17-14-11-8-5-2/h12,15,22,24,27-29,37,60H,4-11,13-14,16-21,23,25-26,30-36,38-59H2,1-3H3/b15-12-,24-22-,29-28-,37-27-. The average Bonchev–Trinajstić information content (AvgIpc) is 3.35. The maximum atomic E-state index is 12.8. The average molecular weight is 968 g/mol. The quantitative estimate of drug-likeness (QED) is 0.0262. The Bertz CT molecular complexity index is 1200. The van der Waals surface area contributed by atoms with Crippen molar-refractivity contribution in [3.8, 4) is 0 Å². The van der Waals surface area contributed by atoms with E-state index in [9.17, 15) is 14.4 Å². The molecule has 0 heterocycles. The van der Waals surface area contributed by atoms with Crippen LogP contribution in [0.25, 0.3) is 0 Å². The summed E-state index contributed by atoms with van der Waals surface area (Å²) >= 11 is 0. The molecule has 0 radical (unpaired) electrons. The summed E-state index contributed by atoms with van der Waals surface area (Å²) in [6.07, 6.45) is 71.2. The molecule has 0 aliphatic carbocycles. The Morgan fingerprint density at radius 3 is 0.870 bits per heavy atom. The molecule has 0 N–H and O–H groups in total. The van der Waals surface area contributed by atoms with Gasteiger partial charge >= 0.3 is 17.9 Å². The molecule has 0 rings (SSSR count). The third kappa shape index (κ3) is 56.2. The maximum absolute atomic E-state index is 12.8. The number of carbonyl (C=O) groups excluding carboxylic acids is 3. The molecule has 69 heavy (non-hydrogen) atoms. The van der Waals surface area contributed by atoms with Crippen LogP contribution in [0.15, 0.2) is 48.6 Å². The van der Waals surface area contributed by atoms with Gasteiger partial charge in [0.2, 0.25) is 0 Å². The van der Waals surface area contributed by atoms with Gasteiger partial charge in [-0.25, -0.2) is 0 Å². The van der Waals surface area contributed by atoms with Gasteiger partial charge in [0.05, 0.1) is 0 Å². The van der Waals surface area contributed by atoms with Crippen molar-refractivity contribution in [2.24, 2.45) is 0 Å². The molecule has 0 aromatic carbocycles. The zero-order valence-corrected chi connectivity index (χ0v) is 46.1. The molecule has 0 spiro atoms. The molecule has 6 nitrogen and oxygen atoms in total. The molecule has 0 saturated heterocycles. The first kappa shape index (κ1) is 66.4. The first-order valence-corrected chi connectivity index (χ1v) is 30.1. The van der Waals surface area contributed by atoms with Gasteiger partial charge in [-0.1, -0.05) is 249 Å². The van der Waals surface area contributed by atoms with Gasteiger partial charge in [-0.15, -0.1) is 0 Å². The van der Waals surface area contributed by atoms with Crippen LogP contribution in [-0.2, 0) is 28.6 Å². The van der Waals surface area contributed by atoms with Gasteiger partial charge in [-0.05, 0) is 96.3 Å². The lowest BCUT2D eigenvalue weighted by Crippen LogP contribution is -2.30. The van der Waals surface area contributed by atoms with Crippen molar-refractivity contribution < 1.29 is 28.6 Å². The van der Waals surface area contributed by atoms with E-state index in [0.717, 1.165) is 83.5 Å². The van der Waals surface area contributed by atoms with Gasteiger partial charge in [0, 0.05) is 19.3 Å². The van der Waals surface area contributed by atoms with Crippen molar-refractivity contribution in [2.45, 2.75) is 322 Å². The van der Waals surface area contributed by atoms with Crippen molar-refractivity contribution in [3.63, 3.8) is 0 Å². The Kier molecular flexibility index (Phi) is 55.7. The SMILES string of the molecule is CCC/C=C\CCCCCCCC(=O)OCC(COC(=O)CCCCCCCCCCCCCCC/C=C\C/C=C\CCCCCCC)OC(=O)CCCCCCC/C=C\CCCCCCCCC. The molecule has 402 valence electrons. The van der Waals surface area contributed by atoms with Gasteiger partial charge in [-0.3, -0.25) is 14.4 Å². The van der Waals surface area contributed by atoms with Crippen LogP contribution in [0, 0.1) is 0 Å². The molecule has 0 aliphatic heterocycles. The highest BCUT2D eigenvalue weighted by Crippen LogP contribution is 2.16. The minimum atomic E-state index is -0.779. The fourth-order valence-electron chi connectivity index (χ4n) is 8.71. The molecule has 0 aromatic heterocycles. The van der Waals surface area contributed by atoms with Crippen LogP contribution in [0.1, 0.15) is 316 Å². The summed E-state index contributed by atoms with van der Waals surface area (Å²) in [5.41, 5.74) is 0. The van der Waals surface area contributed by atoms with Crippen LogP contribution >= 0.6 is 0 Å². The summed E-state index contributed by atoms with van der Waals surface area (Å²) in [6.45, 7) is 6.58. The lowest BCUT2D eigenvalue weighted by atomic mass is 10.0. The third-order valence-corrected chi connectivity index (χ3v) is 13.3. The second kappa shape index (κ2) is 57.9. The molecule has 0 aliphatic rings. The van der Waals surface area contributed by atoms with Crippen molar-refractivity contribution in [3.05, 3.63) is 48.6 Å². The van der Waals surface area contributed by atoms with Crippen molar-refractivity contribution in [1.82, 2.24) is 0 Å². The highest BCUT2D eigenvalue weighted by atomic mass is 16.6. The Hall–Kier alpha value is -2.63. The number of ether oxygens (including phenoxy) is 3. The molecular weight excluding hydrogens is 853 g/mol. The molecular formula is C63H114O6. The van der Waals surface area contributed by atoms with E-state index < -0.39 is 6.10 Å². The fourth-order valence-corrected chi connectivity index (χ4v) is 8.71.